The third kappa shape index (κ3) is 11.4. The Morgan fingerprint density at radius 1 is 0.900 bits per heavy atom. The molecule has 0 fully saturated rings. The average molecular weight is 303 g/mol. The lowest BCUT2D eigenvalue weighted by molar-refractivity contribution is -0.169. The van der Waals surface area contributed by atoms with Gasteiger partial charge in [-0.25, -0.2) is 17.6 Å². The van der Waals surface area contributed by atoms with Crippen LogP contribution in [-0.2, 0) is 9.47 Å². The number of hydrogen-bond acceptors (Lipinski definition) is 3. The van der Waals surface area contributed by atoms with Gasteiger partial charge < -0.3 is 14.8 Å². The normalized spacial score (nSPS) is 14.1. The summed E-state index contributed by atoms with van der Waals surface area (Å²) < 4.78 is 62.6. The third-order valence-corrected chi connectivity index (χ3v) is 2.11. The first-order valence-corrected chi connectivity index (χ1v) is 6.54. The molecule has 3 nitrogen and oxygen atoms in total. The molecule has 0 amide bonds. The first kappa shape index (κ1) is 19.6. The second-order valence-electron chi connectivity index (χ2n) is 6.14. The summed E-state index contributed by atoms with van der Waals surface area (Å²) in [4.78, 5) is 0. The van der Waals surface area contributed by atoms with Crippen molar-refractivity contribution in [1.82, 2.24) is 5.32 Å². The zero-order valence-electron chi connectivity index (χ0n) is 12.7. The summed E-state index contributed by atoms with van der Waals surface area (Å²) in [5.41, 5.74) is -0.714. The van der Waals surface area contributed by atoms with Crippen molar-refractivity contribution >= 4 is 0 Å². The molecule has 0 radical (unpaired) electrons. The van der Waals surface area contributed by atoms with E-state index in [0.717, 1.165) is 0 Å². The molecular formula is C13H25F4NO2. The van der Waals surface area contributed by atoms with Crippen molar-refractivity contribution < 1.29 is 27.0 Å². The highest BCUT2D eigenvalue weighted by Crippen LogP contribution is 2.20. The van der Waals surface area contributed by atoms with Crippen LogP contribution < -0.4 is 5.32 Å². The molecular weight excluding hydrogens is 278 g/mol. The van der Waals surface area contributed by atoms with Gasteiger partial charge in [0.1, 0.15) is 19.8 Å². The van der Waals surface area contributed by atoms with E-state index in [1.54, 1.807) is 34.6 Å². The molecule has 0 saturated carbocycles. The Morgan fingerprint density at radius 2 is 1.40 bits per heavy atom. The van der Waals surface area contributed by atoms with Gasteiger partial charge in [0.05, 0.1) is 12.1 Å². The highest BCUT2D eigenvalue weighted by atomic mass is 19.3. The number of nitrogens with one attached hydrogen (secondary N) is 1. The van der Waals surface area contributed by atoms with Gasteiger partial charge in [-0.15, -0.1) is 0 Å². The van der Waals surface area contributed by atoms with Gasteiger partial charge in [-0.2, -0.15) is 0 Å². The molecule has 0 saturated heterocycles. The fourth-order valence-electron chi connectivity index (χ4n) is 1.12. The zero-order chi connectivity index (χ0) is 16.0. The summed E-state index contributed by atoms with van der Waals surface area (Å²) in [7, 11) is 0. The molecule has 0 atom stereocenters. The van der Waals surface area contributed by atoms with Gasteiger partial charge in [-0.05, 0) is 20.8 Å². The average Bonchev–Trinajstić information content (AvgIpc) is 2.23. The van der Waals surface area contributed by atoms with E-state index in [4.69, 9.17) is 4.74 Å². The lowest BCUT2D eigenvalue weighted by Gasteiger charge is -2.25. The molecule has 0 unspecified atom stereocenters. The van der Waals surface area contributed by atoms with E-state index < -0.39 is 43.8 Å². The topological polar surface area (TPSA) is 30.5 Å². The van der Waals surface area contributed by atoms with Crippen LogP contribution in [0.5, 0.6) is 0 Å². The predicted molar refractivity (Wildman–Crippen MR) is 69.6 cm³/mol. The Balaban J connectivity index is 4.02. The van der Waals surface area contributed by atoms with Crippen molar-refractivity contribution in [3.05, 3.63) is 0 Å². The van der Waals surface area contributed by atoms with E-state index in [2.05, 4.69) is 10.1 Å². The smallest absolute Gasteiger partial charge is 0.293 e. The lowest BCUT2D eigenvalue weighted by atomic mass is 10.2. The highest BCUT2D eigenvalue weighted by molar-refractivity contribution is 4.73. The van der Waals surface area contributed by atoms with Crippen molar-refractivity contribution in [3.63, 3.8) is 0 Å². The molecule has 0 spiro atoms. The predicted octanol–water partition coefficient (Wildman–Crippen LogP) is 3.09. The summed E-state index contributed by atoms with van der Waals surface area (Å²) in [6, 6.07) is -0.109. The number of hydrogen-bond donors (Lipinski definition) is 1. The molecule has 0 aliphatic rings. The van der Waals surface area contributed by atoms with Gasteiger partial charge in [-0.3, -0.25) is 0 Å². The molecule has 20 heavy (non-hydrogen) atoms. The molecule has 0 aliphatic heterocycles. The molecule has 0 aromatic rings. The largest absolute Gasteiger partial charge is 0.370 e. The van der Waals surface area contributed by atoms with Crippen molar-refractivity contribution in [2.24, 2.45) is 0 Å². The maximum atomic E-state index is 13.3. The van der Waals surface area contributed by atoms with E-state index in [1.807, 2.05) is 0 Å². The van der Waals surface area contributed by atoms with Gasteiger partial charge in [0, 0.05) is 6.04 Å². The molecule has 0 aromatic heterocycles. The Hall–Kier alpha value is -0.400. The van der Waals surface area contributed by atoms with Crippen molar-refractivity contribution in [2.75, 3.05) is 26.4 Å². The van der Waals surface area contributed by atoms with Crippen molar-refractivity contribution in [1.29, 1.82) is 0 Å². The first-order valence-electron chi connectivity index (χ1n) is 6.54. The molecule has 0 rings (SSSR count). The van der Waals surface area contributed by atoms with E-state index in [0.29, 0.717) is 0 Å². The van der Waals surface area contributed by atoms with Crippen LogP contribution >= 0.6 is 0 Å². The highest BCUT2D eigenvalue weighted by Gasteiger charge is 2.35. The van der Waals surface area contributed by atoms with Crippen LogP contribution in [0.4, 0.5) is 17.6 Å². The third-order valence-electron chi connectivity index (χ3n) is 2.11. The number of rotatable bonds is 9. The van der Waals surface area contributed by atoms with E-state index in [9.17, 15) is 17.6 Å². The van der Waals surface area contributed by atoms with Crippen LogP contribution in [0.3, 0.4) is 0 Å². The van der Waals surface area contributed by atoms with Gasteiger partial charge in [0.15, 0.2) is 0 Å². The Kier molecular flexibility index (Phi) is 7.41. The second kappa shape index (κ2) is 7.56. The minimum Gasteiger partial charge on any atom is -0.370 e. The van der Waals surface area contributed by atoms with Crippen LogP contribution in [0.2, 0.25) is 0 Å². The van der Waals surface area contributed by atoms with E-state index >= 15 is 0 Å². The van der Waals surface area contributed by atoms with Crippen LogP contribution in [0.25, 0.3) is 0 Å². The Morgan fingerprint density at radius 3 is 1.85 bits per heavy atom. The molecule has 0 aliphatic carbocycles. The number of alkyl halides is 4. The van der Waals surface area contributed by atoms with Crippen molar-refractivity contribution in [3.8, 4) is 0 Å². The van der Waals surface area contributed by atoms with Crippen LogP contribution in [-0.4, -0.2) is 49.9 Å². The quantitative estimate of drug-likeness (QED) is 0.664. The van der Waals surface area contributed by atoms with Crippen molar-refractivity contribution in [2.45, 2.75) is 58.1 Å². The van der Waals surface area contributed by atoms with Gasteiger partial charge in [-0.1, -0.05) is 13.8 Å². The SMILES string of the molecule is CC(C)NCC(F)(F)COCC(F)(F)COC(C)(C)C. The Labute approximate surface area is 118 Å². The lowest BCUT2D eigenvalue weighted by Crippen LogP contribution is -2.41. The minimum atomic E-state index is -3.28. The monoisotopic (exact) mass is 303 g/mol. The summed E-state index contributed by atoms with van der Waals surface area (Å²) in [5, 5.41) is 2.54. The first-order chi connectivity index (χ1) is 8.83. The maximum absolute atomic E-state index is 13.3. The minimum absolute atomic E-state index is 0.109. The number of ether oxygens (including phenoxy) is 2. The summed E-state index contributed by atoms with van der Waals surface area (Å²) in [5.74, 6) is -6.46. The fourth-order valence-corrected chi connectivity index (χ4v) is 1.12. The fraction of sp³-hybridized carbons (Fsp3) is 1.00. The maximum Gasteiger partial charge on any atom is 0.293 e. The van der Waals surface area contributed by atoms with Crippen LogP contribution in [0, 0.1) is 0 Å². The second-order valence-corrected chi connectivity index (χ2v) is 6.14. The van der Waals surface area contributed by atoms with E-state index in [1.165, 1.54) is 0 Å². The molecule has 122 valence electrons. The zero-order valence-corrected chi connectivity index (χ0v) is 12.7. The summed E-state index contributed by atoms with van der Waals surface area (Å²) in [6.45, 7) is 4.75. The van der Waals surface area contributed by atoms with E-state index in [-0.39, 0.29) is 6.04 Å². The standard InChI is InChI=1S/C13H25F4NO2/c1-10(2)18-6-12(14,15)7-19-8-13(16,17)9-20-11(3,4)5/h10,18H,6-9H2,1-5H3. The Bertz CT molecular complexity index is 278. The molecule has 0 bridgehead atoms. The summed E-state index contributed by atoms with van der Waals surface area (Å²) >= 11 is 0. The van der Waals surface area contributed by atoms with Gasteiger partial charge >= 0.3 is 0 Å². The number of halogens is 4. The van der Waals surface area contributed by atoms with Crippen LogP contribution in [0.1, 0.15) is 34.6 Å². The molecule has 0 aromatic carbocycles. The molecule has 0 heterocycles. The van der Waals surface area contributed by atoms with Gasteiger partial charge in [0.25, 0.3) is 11.8 Å². The molecule has 7 heteroatoms. The van der Waals surface area contributed by atoms with Crippen LogP contribution in [0.15, 0.2) is 0 Å². The summed E-state index contributed by atoms with van der Waals surface area (Å²) in [6.07, 6.45) is 0. The van der Waals surface area contributed by atoms with Gasteiger partial charge in [0.2, 0.25) is 0 Å². The molecule has 1 N–H and O–H groups in total.